The van der Waals surface area contributed by atoms with Gasteiger partial charge in [0.05, 0.1) is 0 Å². The molecule has 0 atom stereocenters. The topological polar surface area (TPSA) is 47.0 Å². The Hall–Kier alpha value is -2.14. The lowest BCUT2D eigenvalue weighted by atomic mass is 10.1. The molecule has 0 saturated heterocycles. The van der Waals surface area contributed by atoms with Crippen LogP contribution in [0.15, 0.2) is 42.5 Å². The third kappa shape index (κ3) is 2.51. The molecular weight excluding hydrogens is 258 g/mol. The molecule has 0 saturated carbocycles. The summed E-state index contributed by atoms with van der Waals surface area (Å²) in [6, 6.07) is 14.2. The van der Waals surface area contributed by atoms with Gasteiger partial charge in [-0.1, -0.05) is 47.7 Å². The van der Waals surface area contributed by atoms with E-state index in [4.69, 9.17) is 4.74 Å². The molecular formula is C14H13N3OS. The van der Waals surface area contributed by atoms with E-state index in [2.05, 4.69) is 33.7 Å². The van der Waals surface area contributed by atoms with Crippen LogP contribution in [0.25, 0.3) is 10.8 Å². The van der Waals surface area contributed by atoms with Gasteiger partial charge in [-0.2, -0.15) is 0 Å². The number of nitrogens with zero attached hydrogens (tertiary/aromatic N) is 2. The quantitative estimate of drug-likeness (QED) is 0.790. The van der Waals surface area contributed by atoms with Crippen LogP contribution in [0.4, 0.5) is 5.13 Å². The summed E-state index contributed by atoms with van der Waals surface area (Å²) in [6.45, 7) is 0.438. The predicted octanol–water partition coefficient (Wildman–Crippen LogP) is 3.31. The number of fused-ring (bicyclic) bond motifs is 1. The average Bonchev–Trinajstić information content (AvgIpc) is 2.93. The van der Waals surface area contributed by atoms with E-state index in [0.717, 1.165) is 21.3 Å². The molecule has 0 amide bonds. The summed E-state index contributed by atoms with van der Waals surface area (Å²) in [5.74, 6) is 0.874. The Bertz CT molecular complexity index is 690. The molecule has 0 spiro atoms. The van der Waals surface area contributed by atoms with E-state index in [1.54, 1.807) is 0 Å². The first kappa shape index (κ1) is 11.9. The molecule has 0 aliphatic carbocycles. The largest absolute Gasteiger partial charge is 0.486 e. The van der Waals surface area contributed by atoms with Crippen LogP contribution in [0, 0.1) is 0 Å². The third-order valence-electron chi connectivity index (χ3n) is 2.78. The van der Waals surface area contributed by atoms with E-state index >= 15 is 0 Å². The molecule has 1 N–H and O–H groups in total. The Morgan fingerprint density at radius 1 is 1.11 bits per heavy atom. The van der Waals surface area contributed by atoms with Crippen LogP contribution in [0.1, 0.15) is 5.01 Å². The molecule has 5 heteroatoms. The monoisotopic (exact) mass is 271 g/mol. The zero-order valence-corrected chi connectivity index (χ0v) is 11.3. The van der Waals surface area contributed by atoms with Crippen LogP contribution in [-0.2, 0) is 6.61 Å². The van der Waals surface area contributed by atoms with Crippen molar-refractivity contribution < 1.29 is 4.74 Å². The van der Waals surface area contributed by atoms with Crippen molar-refractivity contribution in [1.82, 2.24) is 10.2 Å². The second kappa shape index (κ2) is 5.24. The molecule has 4 nitrogen and oxygen atoms in total. The lowest BCUT2D eigenvalue weighted by Crippen LogP contribution is -1.95. The van der Waals surface area contributed by atoms with Crippen molar-refractivity contribution in [2.75, 3.05) is 12.4 Å². The molecule has 0 aliphatic rings. The molecule has 3 aromatic rings. The van der Waals surface area contributed by atoms with Crippen LogP contribution in [0.2, 0.25) is 0 Å². The van der Waals surface area contributed by atoms with Gasteiger partial charge in [-0.05, 0) is 11.5 Å². The highest BCUT2D eigenvalue weighted by Crippen LogP contribution is 2.26. The van der Waals surface area contributed by atoms with Crippen LogP contribution in [0.5, 0.6) is 5.75 Å². The minimum Gasteiger partial charge on any atom is -0.486 e. The molecule has 0 aliphatic heterocycles. The fourth-order valence-corrected chi connectivity index (χ4v) is 2.48. The highest BCUT2D eigenvalue weighted by atomic mass is 32.1. The number of benzene rings is 2. The van der Waals surface area contributed by atoms with Crippen molar-refractivity contribution in [1.29, 1.82) is 0 Å². The van der Waals surface area contributed by atoms with E-state index in [0.29, 0.717) is 6.61 Å². The summed E-state index contributed by atoms with van der Waals surface area (Å²) in [5, 5.41) is 15.0. The molecule has 0 bridgehead atoms. The molecule has 3 rings (SSSR count). The first-order chi connectivity index (χ1) is 9.36. The SMILES string of the molecule is CNc1nnc(COc2cccc3ccccc23)s1. The average molecular weight is 271 g/mol. The van der Waals surface area contributed by atoms with Gasteiger partial charge in [-0.3, -0.25) is 0 Å². The zero-order valence-electron chi connectivity index (χ0n) is 10.5. The van der Waals surface area contributed by atoms with Crippen LogP contribution < -0.4 is 10.1 Å². The third-order valence-corrected chi connectivity index (χ3v) is 3.70. The Balaban J connectivity index is 1.81. The Labute approximate surface area is 115 Å². The smallest absolute Gasteiger partial charge is 0.205 e. The van der Waals surface area contributed by atoms with Gasteiger partial charge in [0.25, 0.3) is 0 Å². The van der Waals surface area contributed by atoms with Gasteiger partial charge in [0.1, 0.15) is 12.4 Å². The second-order valence-electron chi connectivity index (χ2n) is 4.02. The van der Waals surface area contributed by atoms with Gasteiger partial charge in [-0.15, -0.1) is 10.2 Å². The predicted molar refractivity (Wildman–Crippen MR) is 77.7 cm³/mol. The summed E-state index contributed by atoms with van der Waals surface area (Å²) < 4.78 is 5.84. The normalized spacial score (nSPS) is 10.6. The molecule has 96 valence electrons. The number of hydrogen-bond donors (Lipinski definition) is 1. The zero-order chi connectivity index (χ0) is 13.1. The molecule has 1 heterocycles. The highest BCUT2D eigenvalue weighted by molar-refractivity contribution is 7.15. The highest BCUT2D eigenvalue weighted by Gasteiger charge is 2.05. The minimum atomic E-state index is 0.438. The minimum absolute atomic E-state index is 0.438. The number of ether oxygens (including phenoxy) is 1. The fraction of sp³-hybridized carbons (Fsp3) is 0.143. The molecule has 1 aromatic heterocycles. The molecule has 0 radical (unpaired) electrons. The summed E-state index contributed by atoms with van der Waals surface area (Å²) in [7, 11) is 1.83. The maximum absolute atomic E-state index is 5.84. The maximum atomic E-state index is 5.84. The van der Waals surface area contributed by atoms with Crippen molar-refractivity contribution in [3.8, 4) is 5.75 Å². The Morgan fingerprint density at radius 2 is 1.95 bits per heavy atom. The van der Waals surface area contributed by atoms with E-state index in [9.17, 15) is 0 Å². The Morgan fingerprint density at radius 3 is 2.79 bits per heavy atom. The van der Waals surface area contributed by atoms with E-state index < -0.39 is 0 Å². The summed E-state index contributed by atoms with van der Waals surface area (Å²) in [6.07, 6.45) is 0. The van der Waals surface area contributed by atoms with Crippen molar-refractivity contribution in [3.63, 3.8) is 0 Å². The number of rotatable bonds is 4. The van der Waals surface area contributed by atoms with Gasteiger partial charge in [0.2, 0.25) is 5.13 Å². The van der Waals surface area contributed by atoms with Crippen molar-refractivity contribution >= 4 is 27.2 Å². The van der Waals surface area contributed by atoms with Gasteiger partial charge < -0.3 is 10.1 Å². The molecule has 2 aromatic carbocycles. The standard InChI is InChI=1S/C14H13N3OS/c1-15-14-17-16-13(19-14)9-18-12-8-4-6-10-5-2-3-7-11(10)12/h2-8H,9H2,1H3,(H,15,17). The number of hydrogen-bond acceptors (Lipinski definition) is 5. The van der Waals surface area contributed by atoms with Gasteiger partial charge in [0, 0.05) is 12.4 Å². The number of nitrogens with one attached hydrogen (secondary N) is 1. The van der Waals surface area contributed by atoms with E-state index in [1.165, 1.54) is 16.7 Å². The van der Waals surface area contributed by atoms with Gasteiger partial charge in [-0.25, -0.2) is 0 Å². The lowest BCUT2D eigenvalue weighted by molar-refractivity contribution is 0.308. The fourth-order valence-electron chi connectivity index (χ4n) is 1.87. The molecule has 19 heavy (non-hydrogen) atoms. The number of aromatic nitrogens is 2. The van der Waals surface area contributed by atoms with Crippen molar-refractivity contribution in [3.05, 3.63) is 47.5 Å². The van der Waals surface area contributed by atoms with Crippen molar-refractivity contribution in [2.24, 2.45) is 0 Å². The van der Waals surface area contributed by atoms with Gasteiger partial charge in [0.15, 0.2) is 5.01 Å². The summed E-state index contributed by atoms with van der Waals surface area (Å²) >= 11 is 1.50. The van der Waals surface area contributed by atoms with Gasteiger partial charge >= 0.3 is 0 Å². The second-order valence-corrected chi connectivity index (χ2v) is 5.08. The lowest BCUT2D eigenvalue weighted by Gasteiger charge is -2.07. The summed E-state index contributed by atoms with van der Waals surface area (Å²) in [4.78, 5) is 0. The van der Waals surface area contributed by atoms with E-state index in [-0.39, 0.29) is 0 Å². The Kier molecular flexibility index (Phi) is 3.29. The van der Waals surface area contributed by atoms with Crippen LogP contribution >= 0.6 is 11.3 Å². The first-order valence-electron chi connectivity index (χ1n) is 5.97. The van der Waals surface area contributed by atoms with Crippen LogP contribution in [0.3, 0.4) is 0 Å². The van der Waals surface area contributed by atoms with E-state index in [1.807, 2.05) is 31.3 Å². The number of anilines is 1. The molecule has 0 fully saturated rings. The summed E-state index contributed by atoms with van der Waals surface area (Å²) in [5.41, 5.74) is 0. The van der Waals surface area contributed by atoms with Crippen LogP contribution in [-0.4, -0.2) is 17.2 Å². The molecule has 0 unspecified atom stereocenters. The van der Waals surface area contributed by atoms with Crippen molar-refractivity contribution in [2.45, 2.75) is 6.61 Å². The maximum Gasteiger partial charge on any atom is 0.205 e. The first-order valence-corrected chi connectivity index (χ1v) is 6.79.